The van der Waals surface area contributed by atoms with Crippen LogP contribution >= 0.6 is 11.3 Å². The van der Waals surface area contributed by atoms with Crippen molar-refractivity contribution < 1.29 is 14.3 Å². The summed E-state index contributed by atoms with van der Waals surface area (Å²) < 4.78 is 5.78. The lowest BCUT2D eigenvalue weighted by molar-refractivity contribution is -0.148. The summed E-state index contributed by atoms with van der Waals surface area (Å²) in [5.74, 6) is 0.00837. The molecule has 0 fully saturated rings. The van der Waals surface area contributed by atoms with Crippen molar-refractivity contribution in [3.8, 4) is 5.75 Å². The Kier molecular flexibility index (Phi) is 4.28. The summed E-state index contributed by atoms with van der Waals surface area (Å²) in [6.45, 7) is 5.63. The third-order valence-corrected chi connectivity index (χ3v) is 4.75. The molecule has 0 radical (unpaired) electrons. The van der Waals surface area contributed by atoms with Gasteiger partial charge in [0.15, 0.2) is 11.6 Å². The fraction of sp³-hybridized carbons (Fsp3) is 0.353. The summed E-state index contributed by atoms with van der Waals surface area (Å²) in [6, 6.07) is 7.14. The van der Waals surface area contributed by atoms with E-state index in [1.165, 1.54) is 11.8 Å². The zero-order chi connectivity index (χ0) is 17.3. The third kappa shape index (κ3) is 2.75. The second-order valence-electron chi connectivity index (χ2n) is 5.99. The molecule has 1 atom stereocenters. The van der Waals surface area contributed by atoms with E-state index in [0.717, 1.165) is 4.88 Å². The van der Waals surface area contributed by atoms with Crippen LogP contribution < -0.4 is 15.0 Å². The Balaban J connectivity index is 1.89. The van der Waals surface area contributed by atoms with E-state index < -0.39 is 17.4 Å². The highest BCUT2D eigenvalue weighted by Gasteiger charge is 2.51. The molecule has 6 nitrogen and oxygen atoms in total. The molecule has 1 unspecified atom stereocenters. The number of carbonyl (C=O) groups excluding carboxylic acids is 2. The van der Waals surface area contributed by atoms with Crippen molar-refractivity contribution in [3.63, 3.8) is 0 Å². The van der Waals surface area contributed by atoms with Crippen LogP contribution in [0, 0.1) is 0 Å². The number of carbonyl (C=O) groups is 2. The maximum atomic E-state index is 13.0. The van der Waals surface area contributed by atoms with Crippen molar-refractivity contribution in [2.24, 2.45) is 0 Å². The Morgan fingerprint density at radius 1 is 1.42 bits per heavy atom. The van der Waals surface area contributed by atoms with E-state index >= 15 is 0 Å². The number of ether oxygens (including phenoxy) is 1. The summed E-state index contributed by atoms with van der Waals surface area (Å²) in [6.07, 6.45) is 1.60. The molecule has 0 bridgehead atoms. The number of thiophene rings is 1. The molecule has 126 valence electrons. The summed E-state index contributed by atoms with van der Waals surface area (Å²) in [5.41, 5.74) is -1.61. The maximum Gasteiger partial charge on any atom is 0.282 e. The molecule has 0 aliphatic carbocycles. The molecular weight excluding hydrogens is 326 g/mol. The third-order valence-electron chi connectivity index (χ3n) is 3.87. The highest BCUT2D eigenvalue weighted by atomic mass is 32.1. The molecule has 0 saturated carbocycles. The quantitative estimate of drug-likeness (QED) is 0.864. The molecule has 7 heteroatoms. The van der Waals surface area contributed by atoms with Crippen LogP contribution in [0.2, 0.25) is 0 Å². The largest absolute Gasteiger partial charge is 0.464 e. The molecule has 0 spiro atoms. The Morgan fingerprint density at radius 3 is 2.88 bits per heavy atom. The average molecular weight is 345 g/mol. The molecular formula is C17H19N3O3S. The van der Waals surface area contributed by atoms with Crippen molar-refractivity contribution in [2.75, 3.05) is 4.90 Å². The minimum atomic E-state index is -1.61. The molecule has 2 amide bonds. The minimum Gasteiger partial charge on any atom is -0.464 e. The van der Waals surface area contributed by atoms with Crippen molar-refractivity contribution in [1.82, 2.24) is 10.3 Å². The zero-order valence-corrected chi connectivity index (χ0v) is 14.6. The number of nitrogens with zero attached hydrogens (tertiary/aromatic N) is 2. The van der Waals surface area contributed by atoms with Crippen LogP contribution in [0.3, 0.4) is 0 Å². The SMILES string of the molecule is CC(C)N1C(=O)C(C)(C(=O)NCc2cccs2)Oc2cccnc21. The van der Waals surface area contributed by atoms with Crippen LogP contribution in [0.5, 0.6) is 5.75 Å². The van der Waals surface area contributed by atoms with E-state index in [-0.39, 0.29) is 6.04 Å². The number of aromatic nitrogens is 1. The molecule has 0 saturated heterocycles. The molecule has 3 heterocycles. The Bertz CT molecular complexity index is 760. The van der Waals surface area contributed by atoms with Gasteiger partial charge in [-0.3, -0.25) is 14.5 Å². The van der Waals surface area contributed by atoms with Gasteiger partial charge in [0, 0.05) is 17.1 Å². The number of hydrogen-bond acceptors (Lipinski definition) is 5. The van der Waals surface area contributed by atoms with Crippen LogP contribution in [0.4, 0.5) is 5.82 Å². The van der Waals surface area contributed by atoms with E-state index in [0.29, 0.717) is 18.1 Å². The Labute approximate surface area is 144 Å². The molecule has 2 aromatic rings. The highest BCUT2D eigenvalue weighted by molar-refractivity contribution is 7.09. The van der Waals surface area contributed by atoms with E-state index in [1.807, 2.05) is 31.4 Å². The number of fused-ring (bicyclic) bond motifs is 1. The average Bonchev–Trinajstić information content (AvgIpc) is 3.06. The summed E-state index contributed by atoms with van der Waals surface area (Å²) in [4.78, 5) is 32.4. The first-order chi connectivity index (χ1) is 11.4. The van der Waals surface area contributed by atoms with E-state index in [2.05, 4.69) is 10.3 Å². The fourth-order valence-electron chi connectivity index (χ4n) is 2.60. The Morgan fingerprint density at radius 2 is 2.21 bits per heavy atom. The molecule has 0 aromatic carbocycles. The second kappa shape index (κ2) is 6.24. The monoisotopic (exact) mass is 345 g/mol. The molecule has 2 aromatic heterocycles. The second-order valence-corrected chi connectivity index (χ2v) is 7.02. The van der Waals surface area contributed by atoms with Crippen LogP contribution in [0.15, 0.2) is 35.8 Å². The van der Waals surface area contributed by atoms with Crippen molar-refractivity contribution >= 4 is 29.0 Å². The van der Waals surface area contributed by atoms with Gasteiger partial charge in [-0.2, -0.15) is 0 Å². The first-order valence-electron chi connectivity index (χ1n) is 7.72. The summed E-state index contributed by atoms with van der Waals surface area (Å²) in [7, 11) is 0. The topological polar surface area (TPSA) is 71.5 Å². The lowest BCUT2D eigenvalue weighted by Gasteiger charge is -2.40. The molecule has 1 aliphatic heterocycles. The number of anilines is 1. The van der Waals surface area contributed by atoms with E-state index in [1.54, 1.807) is 29.7 Å². The van der Waals surface area contributed by atoms with Gasteiger partial charge in [-0.25, -0.2) is 4.98 Å². The zero-order valence-electron chi connectivity index (χ0n) is 13.8. The van der Waals surface area contributed by atoms with Gasteiger partial charge < -0.3 is 10.1 Å². The normalized spacial score (nSPS) is 19.8. The van der Waals surface area contributed by atoms with E-state index in [9.17, 15) is 9.59 Å². The maximum absolute atomic E-state index is 13.0. The first-order valence-corrected chi connectivity index (χ1v) is 8.60. The summed E-state index contributed by atoms with van der Waals surface area (Å²) in [5, 5.41) is 4.73. The Hall–Kier alpha value is -2.41. The van der Waals surface area contributed by atoms with Gasteiger partial charge in [-0.1, -0.05) is 6.07 Å². The van der Waals surface area contributed by atoms with Crippen LogP contribution in [0.1, 0.15) is 25.6 Å². The number of nitrogens with one attached hydrogen (secondary N) is 1. The van der Waals surface area contributed by atoms with Gasteiger partial charge in [0.1, 0.15) is 0 Å². The number of rotatable bonds is 4. The molecule has 24 heavy (non-hydrogen) atoms. The minimum absolute atomic E-state index is 0.139. The van der Waals surface area contributed by atoms with Gasteiger partial charge in [0.25, 0.3) is 17.4 Å². The highest BCUT2D eigenvalue weighted by Crippen LogP contribution is 2.37. The standard InChI is InChI=1S/C17H19N3O3S/c1-11(2)20-14-13(7-4-8-18-14)23-17(3,16(20)22)15(21)19-10-12-6-5-9-24-12/h4-9,11H,10H2,1-3H3,(H,19,21). The van der Waals surface area contributed by atoms with Gasteiger partial charge in [-0.15, -0.1) is 11.3 Å². The van der Waals surface area contributed by atoms with Crippen LogP contribution in [-0.2, 0) is 16.1 Å². The smallest absolute Gasteiger partial charge is 0.282 e. The first kappa shape index (κ1) is 16.4. The predicted molar refractivity (Wildman–Crippen MR) is 92.1 cm³/mol. The van der Waals surface area contributed by atoms with E-state index in [4.69, 9.17) is 4.74 Å². The fourth-order valence-corrected chi connectivity index (χ4v) is 3.25. The number of hydrogen-bond donors (Lipinski definition) is 1. The number of pyridine rings is 1. The lowest BCUT2D eigenvalue weighted by atomic mass is 10.00. The lowest BCUT2D eigenvalue weighted by Crippen LogP contribution is -2.63. The van der Waals surface area contributed by atoms with Crippen molar-refractivity contribution in [3.05, 3.63) is 40.7 Å². The molecule has 1 aliphatic rings. The van der Waals surface area contributed by atoms with Gasteiger partial charge in [-0.05, 0) is 44.4 Å². The molecule has 1 N–H and O–H groups in total. The predicted octanol–water partition coefficient (Wildman–Crippen LogP) is 2.35. The number of amides is 2. The van der Waals surface area contributed by atoms with Gasteiger partial charge >= 0.3 is 0 Å². The van der Waals surface area contributed by atoms with Gasteiger partial charge in [0.05, 0.1) is 6.54 Å². The molecule has 3 rings (SSSR count). The van der Waals surface area contributed by atoms with Crippen LogP contribution in [0.25, 0.3) is 0 Å². The summed E-state index contributed by atoms with van der Waals surface area (Å²) >= 11 is 1.54. The van der Waals surface area contributed by atoms with Crippen molar-refractivity contribution in [1.29, 1.82) is 0 Å². The van der Waals surface area contributed by atoms with Gasteiger partial charge in [0.2, 0.25) is 0 Å². The van der Waals surface area contributed by atoms with Crippen molar-refractivity contribution in [2.45, 2.75) is 39.0 Å². The van der Waals surface area contributed by atoms with Crippen LogP contribution in [-0.4, -0.2) is 28.4 Å².